The highest BCUT2D eigenvalue weighted by Gasteiger charge is 2.05. The largest absolute Gasteiger partial charge is 0.381 e. The second-order valence-corrected chi connectivity index (χ2v) is 4.16. The van der Waals surface area contributed by atoms with Crippen molar-refractivity contribution in [2.24, 2.45) is 0 Å². The van der Waals surface area contributed by atoms with Gasteiger partial charge in [-0.15, -0.1) is 0 Å². The van der Waals surface area contributed by atoms with E-state index in [1.54, 1.807) is 12.3 Å². The van der Waals surface area contributed by atoms with Gasteiger partial charge in [0.1, 0.15) is 11.8 Å². The van der Waals surface area contributed by atoms with Crippen LogP contribution in [-0.2, 0) is 0 Å². The fraction of sp³-hybridized carbons (Fsp3) is 0.455. The number of hydrogen-bond donors (Lipinski definition) is 1. The van der Waals surface area contributed by atoms with E-state index in [-0.39, 0.29) is 0 Å². The average molecular weight is 221 g/mol. The number of anilines is 1. The summed E-state index contributed by atoms with van der Waals surface area (Å²) < 4.78 is 0. The van der Waals surface area contributed by atoms with Crippen molar-refractivity contribution in [3.05, 3.63) is 24.0 Å². The maximum atomic E-state index is 8.71. The summed E-state index contributed by atoms with van der Waals surface area (Å²) in [5.74, 6) is 1.07. The van der Waals surface area contributed by atoms with Crippen molar-refractivity contribution in [1.29, 1.82) is 5.26 Å². The van der Waals surface area contributed by atoms with Gasteiger partial charge in [-0.2, -0.15) is 17.0 Å². The van der Waals surface area contributed by atoms with Crippen LogP contribution in [0.15, 0.2) is 18.3 Å². The summed E-state index contributed by atoms with van der Waals surface area (Å²) in [4.78, 5) is 3.93. The van der Waals surface area contributed by atoms with E-state index in [0.29, 0.717) is 11.7 Å². The second-order valence-electron chi connectivity index (χ2n) is 3.25. The lowest BCUT2D eigenvalue weighted by atomic mass is 10.2. The van der Waals surface area contributed by atoms with Crippen LogP contribution in [-0.4, -0.2) is 23.0 Å². The highest BCUT2D eigenvalue weighted by atomic mass is 32.2. The first-order chi connectivity index (χ1) is 7.30. The van der Waals surface area contributed by atoms with Crippen molar-refractivity contribution in [2.45, 2.75) is 19.4 Å². The molecule has 3 nitrogen and oxygen atoms in total. The summed E-state index contributed by atoms with van der Waals surface area (Å²) in [6.07, 6.45) is 4.83. The van der Waals surface area contributed by atoms with Crippen LogP contribution < -0.4 is 5.32 Å². The van der Waals surface area contributed by atoms with Gasteiger partial charge in [0.25, 0.3) is 0 Å². The molecule has 0 amide bonds. The summed E-state index contributed by atoms with van der Waals surface area (Å²) in [5, 5.41) is 12.1. The molecule has 15 heavy (non-hydrogen) atoms. The van der Waals surface area contributed by atoms with E-state index in [2.05, 4.69) is 23.5 Å². The van der Waals surface area contributed by atoms with Crippen LogP contribution in [0.2, 0.25) is 0 Å². The van der Waals surface area contributed by atoms with Crippen LogP contribution in [0.25, 0.3) is 0 Å². The molecule has 1 aromatic rings. The molecule has 1 unspecified atom stereocenters. The van der Waals surface area contributed by atoms with Crippen LogP contribution >= 0.6 is 11.8 Å². The zero-order valence-electron chi connectivity index (χ0n) is 9.03. The number of rotatable bonds is 5. The Morgan fingerprint density at radius 2 is 2.47 bits per heavy atom. The first-order valence-electron chi connectivity index (χ1n) is 4.91. The monoisotopic (exact) mass is 221 g/mol. The number of nitrogens with one attached hydrogen (secondary N) is 1. The van der Waals surface area contributed by atoms with Crippen LogP contribution in [0.1, 0.15) is 19.0 Å². The summed E-state index contributed by atoms with van der Waals surface area (Å²) in [5.41, 5.74) is 1.43. The van der Waals surface area contributed by atoms with Gasteiger partial charge in [-0.1, -0.05) is 6.92 Å². The molecule has 0 bridgehead atoms. The van der Waals surface area contributed by atoms with Gasteiger partial charge in [0.15, 0.2) is 0 Å². The van der Waals surface area contributed by atoms with Crippen molar-refractivity contribution >= 4 is 17.4 Å². The highest BCUT2D eigenvalue weighted by Crippen LogP contribution is 2.12. The molecule has 80 valence electrons. The fourth-order valence-corrected chi connectivity index (χ4v) is 2.00. The predicted octanol–water partition coefficient (Wildman–Crippen LogP) is 2.51. The molecule has 4 heteroatoms. The Bertz CT molecular complexity index is 346. The Morgan fingerprint density at radius 1 is 1.67 bits per heavy atom. The van der Waals surface area contributed by atoms with E-state index >= 15 is 0 Å². The molecule has 1 aromatic heterocycles. The summed E-state index contributed by atoms with van der Waals surface area (Å²) in [6, 6.07) is 6.16. The first-order valence-corrected chi connectivity index (χ1v) is 6.31. The Labute approximate surface area is 94.9 Å². The minimum absolute atomic E-state index is 0.453. The van der Waals surface area contributed by atoms with Gasteiger partial charge >= 0.3 is 0 Å². The minimum Gasteiger partial charge on any atom is -0.381 e. The molecule has 0 spiro atoms. The normalized spacial score (nSPS) is 11.8. The standard InChI is InChI=1S/C11H15N3S/c1-3-9(8-15-2)14-10-4-5-13-11(6-10)7-12/h4-6,9H,3,8H2,1-2H3,(H,13,14). The lowest BCUT2D eigenvalue weighted by Crippen LogP contribution is -2.21. The first kappa shape index (κ1) is 11.9. The van der Waals surface area contributed by atoms with Gasteiger partial charge in [-0.05, 0) is 24.8 Å². The second kappa shape index (κ2) is 6.31. The van der Waals surface area contributed by atoms with E-state index in [0.717, 1.165) is 17.9 Å². The molecular weight excluding hydrogens is 206 g/mol. The average Bonchev–Trinajstić information content (AvgIpc) is 2.29. The molecule has 0 fully saturated rings. The van der Waals surface area contributed by atoms with Crippen molar-refractivity contribution in [3.8, 4) is 6.07 Å². The number of aromatic nitrogens is 1. The molecule has 0 aromatic carbocycles. The molecule has 1 N–H and O–H groups in total. The topological polar surface area (TPSA) is 48.7 Å². The summed E-state index contributed by atoms with van der Waals surface area (Å²) >= 11 is 1.82. The number of nitrogens with zero attached hydrogens (tertiary/aromatic N) is 2. The molecule has 0 aliphatic rings. The van der Waals surface area contributed by atoms with Crippen molar-refractivity contribution in [3.63, 3.8) is 0 Å². The lowest BCUT2D eigenvalue weighted by Gasteiger charge is -2.16. The Morgan fingerprint density at radius 3 is 3.07 bits per heavy atom. The van der Waals surface area contributed by atoms with E-state index in [1.165, 1.54) is 0 Å². The third-order valence-corrected chi connectivity index (χ3v) is 2.84. The smallest absolute Gasteiger partial charge is 0.142 e. The quantitative estimate of drug-likeness (QED) is 0.830. The molecule has 1 rings (SSSR count). The third-order valence-electron chi connectivity index (χ3n) is 2.11. The number of hydrogen-bond acceptors (Lipinski definition) is 4. The lowest BCUT2D eigenvalue weighted by molar-refractivity contribution is 0.774. The zero-order chi connectivity index (χ0) is 11.1. The van der Waals surface area contributed by atoms with Crippen LogP contribution in [0.5, 0.6) is 0 Å². The molecule has 0 aliphatic carbocycles. The van der Waals surface area contributed by atoms with Gasteiger partial charge in [0.2, 0.25) is 0 Å². The van der Waals surface area contributed by atoms with E-state index in [9.17, 15) is 0 Å². The SMILES string of the molecule is CCC(CSC)Nc1ccnc(C#N)c1. The molecule has 0 radical (unpaired) electrons. The number of pyridine rings is 1. The third kappa shape index (κ3) is 3.80. The molecule has 0 saturated carbocycles. The van der Waals surface area contributed by atoms with Crippen LogP contribution in [0.3, 0.4) is 0 Å². The number of nitriles is 1. The van der Waals surface area contributed by atoms with Crippen molar-refractivity contribution < 1.29 is 0 Å². The van der Waals surface area contributed by atoms with Gasteiger partial charge in [-0.25, -0.2) is 4.98 Å². The van der Waals surface area contributed by atoms with Gasteiger partial charge in [-0.3, -0.25) is 0 Å². The molecule has 0 aliphatic heterocycles. The molecule has 1 atom stereocenters. The summed E-state index contributed by atoms with van der Waals surface area (Å²) in [7, 11) is 0. The Balaban J connectivity index is 2.66. The van der Waals surface area contributed by atoms with Gasteiger partial charge in [0.05, 0.1) is 0 Å². The van der Waals surface area contributed by atoms with Crippen LogP contribution in [0, 0.1) is 11.3 Å². The predicted molar refractivity (Wildman–Crippen MR) is 65.0 cm³/mol. The van der Waals surface area contributed by atoms with Crippen molar-refractivity contribution in [2.75, 3.05) is 17.3 Å². The van der Waals surface area contributed by atoms with E-state index in [4.69, 9.17) is 5.26 Å². The minimum atomic E-state index is 0.453. The number of thioether (sulfide) groups is 1. The summed E-state index contributed by atoms with van der Waals surface area (Å²) in [6.45, 7) is 2.15. The van der Waals surface area contributed by atoms with Gasteiger partial charge in [0, 0.05) is 23.7 Å². The zero-order valence-corrected chi connectivity index (χ0v) is 9.84. The highest BCUT2D eigenvalue weighted by molar-refractivity contribution is 7.98. The Hall–Kier alpha value is -1.21. The fourth-order valence-electron chi connectivity index (χ4n) is 1.28. The Kier molecular flexibility index (Phi) is 4.99. The van der Waals surface area contributed by atoms with E-state index in [1.807, 2.05) is 23.9 Å². The molecule has 0 saturated heterocycles. The molecule has 1 heterocycles. The van der Waals surface area contributed by atoms with Crippen LogP contribution in [0.4, 0.5) is 5.69 Å². The maximum Gasteiger partial charge on any atom is 0.142 e. The van der Waals surface area contributed by atoms with Gasteiger partial charge < -0.3 is 5.32 Å². The van der Waals surface area contributed by atoms with E-state index < -0.39 is 0 Å². The maximum absolute atomic E-state index is 8.71. The van der Waals surface area contributed by atoms with Crippen molar-refractivity contribution in [1.82, 2.24) is 4.98 Å². The molecular formula is C11H15N3S.